The van der Waals surface area contributed by atoms with Crippen LogP contribution in [0.2, 0.25) is 5.02 Å². The Hall–Kier alpha value is -1.26. The molecule has 0 saturated heterocycles. The number of anilines is 1. The van der Waals surface area contributed by atoms with Gasteiger partial charge in [-0.05, 0) is 25.0 Å². The van der Waals surface area contributed by atoms with E-state index in [0.29, 0.717) is 23.0 Å². The van der Waals surface area contributed by atoms with Crippen LogP contribution in [0.4, 0.5) is 5.69 Å². The summed E-state index contributed by atoms with van der Waals surface area (Å²) in [5.74, 6) is 0.608. The zero-order chi connectivity index (χ0) is 13.2. The van der Waals surface area contributed by atoms with Crippen molar-refractivity contribution in [3.8, 4) is 5.75 Å². The van der Waals surface area contributed by atoms with Gasteiger partial charge in [-0.25, -0.2) is 0 Å². The lowest BCUT2D eigenvalue weighted by atomic mass is 9.68. The van der Waals surface area contributed by atoms with Crippen LogP contribution in [0.25, 0.3) is 0 Å². The molecule has 0 spiro atoms. The molecule has 0 unspecified atom stereocenters. The number of nitrogens with two attached hydrogens (primary N) is 1. The molecule has 5 heteroatoms. The zero-order valence-corrected chi connectivity index (χ0v) is 11.1. The molecular weight excluding hydrogens is 252 g/mol. The predicted octanol–water partition coefficient (Wildman–Crippen LogP) is 2.42. The summed E-state index contributed by atoms with van der Waals surface area (Å²) in [7, 11) is 1.57. The monoisotopic (exact) mass is 268 g/mol. The number of carbonyl (C=O) groups is 1. The minimum Gasteiger partial charge on any atom is -0.497 e. The number of amides is 1. The number of benzene rings is 1. The summed E-state index contributed by atoms with van der Waals surface area (Å²) in [5.41, 5.74) is 5.86. The number of methoxy groups -OCH3 is 1. The maximum atomic E-state index is 12.2. The number of halogens is 1. The first-order chi connectivity index (χ1) is 8.61. The Kier molecular flexibility index (Phi) is 3.78. The van der Waals surface area contributed by atoms with Gasteiger partial charge in [0.2, 0.25) is 5.91 Å². The molecule has 98 valence electrons. The van der Waals surface area contributed by atoms with E-state index in [1.54, 1.807) is 25.3 Å². The normalized spacial score (nSPS) is 16.8. The SMILES string of the molecule is COc1ccc(Cl)c(NC(=O)C2(CN)CCC2)c1. The minimum atomic E-state index is -0.410. The zero-order valence-electron chi connectivity index (χ0n) is 10.3. The molecule has 4 nitrogen and oxygen atoms in total. The van der Waals surface area contributed by atoms with Crippen molar-refractivity contribution in [1.29, 1.82) is 0 Å². The average molecular weight is 269 g/mol. The van der Waals surface area contributed by atoms with E-state index < -0.39 is 5.41 Å². The van der Waals surface area contributed by atoms with Crippen molar-refractivity contribution in [1.82, 2.24) is 0 Å². The Morgan fingerprint density at radius 2 is 2.28 bits per heavy atom. The molecule has 0 atom stereocenters. The predicted molar refractivity (Wildman–Crippen MR) is 72.0 cm³/mol. The fraction of sp³-hybridized carbons (Fsp3) is 0.462. The fourth-order valence-corrected chi connectivity index (χ4v) is 2.27. The standard InChI is InChI=1S/C13H17ClN2O2/c1-18-9-3-4-10(14)11(7-9)16-12(17)13(8-15)5-2-6-13/h3-4,7H,2,5-6,8,15H2,1H3,(H,16,17). The van der Waals surface area contributed by atoms with E-state index in [1.807, 2.05) is 0 Å². The van der Waals surface area contributed by atoms with Gasteiger partial charge in [0.25, 0.3) is 0 Å². The average Bonchev–Trinajstić information content (AvgIpc) is 2.31. The van der Waals surface area contributed by atoms with E-state index in [2.05, 4.69) is 5.32 Å². The molecule has 2 rings (SSSR count). The largest absolute Gasteiger partial charge is 0.497 e. The van der Waals surface area contributed by atoms with Gasteiger partial charge in [0.15, 0.2) is 0 Å². The third-order valence-electron chi connectivity index (χ3n) is 3.60. The highest BCUT2D eigenvalue weighted by Crippen LogP contribution is 2.41. The van der Waals surface area contributed by atoms with Crippen LogP contribution in [-0.2, 0) is 4.79 Å². The lowest BCUT2D eigenvalue weighted by molar-refractivity contribution is -0.129. The summed E-state index contributed by atoms with van der Waals surface area (Å²) < 4.78 is 5.11. The number of rotatable bonds is 4. The van der Waals surface area contributed by atoms with E-state index in [4.69, 9.17) is 22.1 Å². The van der Waals surface area contributed by atoms with E-state index in [9.17, 15) is 4.79 Å². The lowest BCUT2D eigenvalue weighted by Gasteiger charge is -2.39. The Balaban J connectivity index is 2.16. The van der Waals surface area contributed by atoms with Crippen LogP contribution in [0.3, 0.4) is 0 Å². The lowest BCUT2D eigenvalue weighted by Crippen LogP contribution is -2.47. The van der Waals surface area contributed by atoms with E-state index in [-0.39, 0.29) is 5.91 Å². The van der Waals surface area contributed by atoms with Crippen LogP contribution < -0.4 is 15.8 Å². The summed E-state index contributed by atoms with van der Waals surface area (Å²) in [4.78, 5) is 12.2. The van der Waals surface area contributed by atoms with Gasteiger partial charge in [-0.3, -0.25) is 4.79 Å². The minimum absolute atomic E-state index is 0.0496. The summed E-state index contributed by atoms with van der Waals surface area (Å²) in [6.07, 6.45) is 2.74. The smallest absolute Gasteiger partial charge is 0.231 e. The Bertz CT molecular complexity index is 453. The van der Waals surface area contributed by atoms with Gasteiger partial charge < -0.3 is 15.8 Å². The topological polar surface area (TPSA) is 64.3 Å². The van der Waals surface area contributed by atoms with Crippen LogP contribution in [0, 0.1) is 5.41 Å². The van der Waals surface area contributed by atoms with Crippen molar-refractivity contribution in [2.45, 2.75) is 19.3 Å². The molecule has 0 aliphatic heterocycles. The second kappa shape index (κ2) is 5.16. The first-order valence-electron chi connectivity index (χ1n) is 5.96. The fourth-order valence-electron chi connectivity index (χ4n) is 2.11. The molecule has 1 saturated carbocycles. The summed E-state index contributed by atoms with van der Waals surface area (Å²) in [5, 5.41) is 3.34. The molecule has 1 aromatic rings. The number of ether oxygens (including phenoxy) is 1. The number of hydrogen-bond acceptors (Lipinski definition) is 3. The molecule has 1 aliphatic rings. The number of carbonyl (C=O) groups excluding carboxylic acids is 1. The second-order valence-corrected chi connectivity index (χ2v) is 5.05. The van der Waals surface area contributed by atoms with Crippen molar-refractivity contribution in [3.63, 3.8) is 0 Å². The van der Waals surface area contributed by atoms with Gasteiger partial charge >= 0.3 is 0 Å². The Morgan fingerprint density at radius 1 is 1.56 bits per heavy atom. The molecule has 0 aromatic heterocycles. The van der Waals surface area contributed by atoms with Crippen LogP contribution in [0.15, 0.2) is 18.2 Å². The third-order valence-corrected chi connectivity index (χ3v) is 3.93. The highest BCUT2D eigenvalue weighted by Gasteiger charge is 2.42. The molecule has 18 heavy (non-hydrogen) atoms. The summed E-state index contributed by atoms with van der Waals surface area (Å²) in [6.45, 7) is 0.375. The van der Waals surface area contributed by atoms with E-state index in [1.165, 1.54) is 0 Å². The van der Waals surface area contributed by atoms with Crippen LogP contribution in [0.5, 0.6) is 5.75 Å². The quantitative estimate of drug-likeness (QED) is 0.881. The molecule has 0 heterocycles. The van der Waals surface area contributed by atoms with Crippen LogP contribution >= 0.6 is 11.6 Å². The highest BCUT2D eigenvalue weighted by atomic mass is 35.5. The first kappa shape index (κ1) is 13.2. The summed E-state index contributed by atoms with van der Waals surface area (Å²) >= 11 is 6.05. The van der Waals surface area contributed by atoms with Crippen molar-refractivity contribution >= 4 is 23.2 Å². The Morgan fingerprint density at radius 3 is 2.78 bits per heavy atom. The first-order valence-corrected chi connectivity index (χ1v) is 6.34. The molecular formula is C13H17ClN2O2. The van der Waals surface area contributed by atoms with Gasteiger partial charge in [0.1, 0.15) is 5.75 Å². The van der Waals surface area contributed by atoms with Crippen molar-refractivity contribution in [3.05, 3.63) is 23.2 Å². The van der Waals surface area contributed by atoms with E-state index >= 15 is 0 Å². The molecule has 1 amide bonds. The Labute approximate surface area is 111 Å². The molecule has 1 aromatic carbocycles. The van der Waals surface area contributed by atoms with Gasteiger partial charge in [-0.2, -0.15) is 0 Å². The van der Waals surface area contributed by atoms with Gasteiger partial charge in [-0.1, -0.05) is 18.0 Å². The highest BCUT2D eigenvalue weighted by molar-refractivity contribution is 6.33. The van der Waals surface area contributed by atoms with Crippen LogP contribution in [-0.4, -0.2) is 19.6 Å². The molecule has 0 radical (unpaired) electrons. The molecule has 1 fully saturated rings. The van der Waals surface area contributed by atoms with Crippen molar-refractivity contribution < 1.29 is 9.53 Å². The van der Waals surface area contributed by atoms with Gasteiger partial charge in [0.05, 0.1) is 23.2 Å². The van der Waals surface area contributed by atoms with E-state index in [0.717, 1.165) is 19.3 Å². The van der Waals surface area contributed by atoms with Gasteiger partial charge in [0, 0.05) is 12.6 Å². The molecule has 3 N–H and O–H groups in total. The van der Waals surface area contributed by atoms with Crippen molar-refractivity contribution in [2.75, 3.05) is 19.0 Å². The number of hydrogen-bond donors (Lipinski definition) is 2. The maximum absolute atomic E-state index is 12.2. The van der Waals surface area contributed by atoms with Gasteiger partial charge in [-0.15, -0.1) is 0 Å². The third kappa shape index (κ3) is 2.31. The maximum Gasteiger partial charge on any atom is 0.231 e. The second-order valence-electron chi connectivity index (χ2n) is 4.64. The summed E-state index contributed by atoms with van der Waals surface area (Å²) in [6, 6.07) is 5.16. The van der Waals surface area contributed by atoms with Crippen molar-refractivity contribution in [2.24, 2.45) is 11.1 Å². The molecule has 1 aliphatic carbocycles. The van der Waals surface area contributed by atoms with Crippen LogP contribution in [0.1, 0.15) is 19.3 Å². The number of nitrogens with one attached hydrogen (secondary N) is 1. The molecule has 0 bridgehead atoms.